The summed E-state index contributed by atoms with van der Waals surface area (Å²) in [6, 6.07) is 4.70. The molecule has 0 aromatic carbocycles. The van der Waals surface area contributed by atoms with Crippen molar-refractivity contribution in [2.24, 2.45) is 0 Å². The van der Waals surface area contributed by atoms with Crippen LogP contribution in [-0.4, -0.2) is 35.9 Å². The monoisotopic (exact) mass is 234 g/mol. The standard InChI is InChI=1S/C13H22N4/c1-3-8-14-10-12-5-4-9-17(12)13-7-6-11(2)15-16-13/h6-7,12,14H,3-5,8-10H2,1-2H3. The van der Waals surface area contributed by atoms with E-state index >= 15 is 0 Å². The molecule has 1 aromatic heterocycles. The molecule has 0 spiro atoms. The van der Waals surface area contributed by atoms with Crippen LogP contribution in [0.5, 0.6) is 0 Å². The molecule has 2 heterocycles. The fraction of sp³-hybridized carbons (Fsp3) is 0.692. The molecule has 0 radical (unpaired) electrons. The van der Waals surface area contributed by atoms with Gasteiger partial charge in [0.05, 0.1) is 5.69 Å². The minimum Gasteiger partial charge on any atom is -0.351 e. The predicted octanol–water partition coefficient (Wildman–Crippen LogP) is 1.75. The lowest BCUT2D eigenvalue weighted by atomic mass is 10.2. The molecule has 0 aliphatic carbocycles. The highest BCUT2D eigenvalue weighted by Gasteiger charge is 2.25. The van der Waals surface area contributed by atoms with Crippen molar-refractivity contribution >= 4 is 5.82 Å². The average molecular weight is 234 g/mol. The van der Waals surface area contributed by atoms with E-state index < -0.39 is 0 Å². The van der Waals surface area contributed by atoms with E-state index in [0.717, 1.165) is 31.1 Å². The molecular formula is C13H22N4. The van der Waals surface area contributed by atoms with Gasteiger partial charge in [-0.2, -0.15) is 5.10 Å². The van der Waals surface area contributed by atoms with Gasteiger partial charge >= 0.3 is 0 Å². The zero-order valence-electron chi connectivity index (χ0n) is 10.8. The minimum atomic E-state index is 0.582. The number of rotatable bonds is 5. The molecule has 1 aromatic rings. The fourth-order valence-electron chi connectivity index (χ4n) is 2.34. The Balaban J connectivity index is 1.96. The normalized spacial score (nSPS) is 19.9. The quantitative estimate of drug-likeness (QED) is 0.788. The van der Waals surface area contributed by atoms with Crippen molar-refractivity contribution in [1.29, 1.82) is 0 Å². The van der Waals surface area contributed by atoms with Gasteiger partial charge in [0.25, 0.3) is 0 Å². The number of aromatic nitrogens is 2. The molecule has 94 valence electrons. The van der Waals surface area contributed by atoms with Gasteiger partial charge in [0.15, 0.2) is 5.82 Å². The highest BCUT2D eigenvalue weighted by atomic mass is 15.3. The van der Waals surface area contributed by atoms with Crippen molar-refractivity contribution in [1.82, 2.24) is 15.5 Å². The number of aryl methyl sites for hydroxylation is 1. The maximum Gasteiger partial charge on any atom is 0.151 e. The van der Waals surface area contributed by atoms with Crippen LogP contribution in [0.1, 0.15) is 31.9 Å². The van der Waals surface area contributed by atoms with Crippen LogP contribution in [0.15, 0.2) is 12.1 Å². The van der Waals surface area contributed by atoms with Crippen LogP contribution < -0.4 is 10.2 Å². The Labute approximate surface area is 103 Å². The van der Waals surface area contributed by atoms with E-state index in [2.05, 4.69) is 33.4 Å². The molecule has 1 aliphatic heterocycles. The predicted molar refractivity (Wildman–Crippen MR) is 70.3 cm³/mol. The molecule has 0 bridgehead atoms. The zero-order chi connectivity index (χ0) is 12.1. The first kappa shape index (κ1) is 12.3. The molecular weight excluding hydrogens is 212 g/mol. The van der Waals surface area contributed by atoms with Gasteiger partial charge in [0.1, 0.15) is 0 Å². The second-order valence-electron chi connectivity index (χ2n) is 4.73. The Hall–Kier alpha value is -1.16. The van der Waals surface area contributed by atoms with Gasteiger partial charge in [-0.1, -0.05) is 6.92 Å². The smallest absolute Gasteiger partial charge is 0.151 e. The third-order valence-electron chi connectivity index (χ3n) is 3.26. The molecule has 1 aliphatic rings. The summed E-state index contributed by atoms with van der Waals surface area (Å²) >= 11 is 0. The molecule has 1 atom stereocenters. The first-order valence-corrected chi connectivity index (χ1v) is 6.59. The summed E-state index contributed by atoms with van der Waals surface area (Å²) < 4.78 is 0. The van der Waals surface area contributed by atoms with Crippen molar-refractivity contribution in [3.63, 3.8) is 0 Å². The topological polar surface area (TPSA) is 41.0 Å². The van der Waals surface area contributed by atoms with E-state index in [4.69, 9.17) is 0 Å². The first-order chi connectivity index (χ1) is 8.31. The van der Waals surface area contributed by atoms with Crippen molar-refractivity contribution in [2.75, 3.05) is 24.5 Å². The summed E-state index contributed by atoms with van der Waals surface area (Å²) in [4.78, 5) is 2.38. The highest BCUT2D eigenvalue weighted by molar-refractivity contribution is 5.40. The van der Waals surface area contributed by atoms with Crippen molar-refractivity contribution in [2.45, 2.75) is 39.2 Å². The minimum absolute atomic E-state index is 0.582. The molecule has 1 N–H and O–H groups in total. The van der Waals surface area contributed by atoms with Gasteiger partial charge in [0, 0.05) is 19.1 Å². The van der Waals surface area contributed by atoms with Crippen LogP contribution >= 0.6 is 0 Å². The van der Waals surface area contributed by atoms with E-state index in [9.17, 15) is 0 Å². The van der Waals surface area contributed by atoms with E-state index in [0.29, 0.717) is 6.04 Å². The van der Waals surface area contributed by atoms with Gasteiger partial charge in [-0.25, -0.2) is 0 Å². The largest absolute Gasteiger partial charge is 0.351 e. The summed E-state index contributed by atoms with van der Waals surface area (Å²) in [7, 11) is 0. The lowest BCUT2D eigenvalue weighted by Gasteiger charge is -2.25. The van der Waals surface area contributed by atoms with Crippen LogP contribution in [-0.2, 0) is 0 Å². The molecule has 4 heteroatoms. The summed E-state index contributed by atoms with van der Waals surface area (Å²) in [5, 5.41) is 11.9. The lowest BCUT2D eigenvalue weighted by Crippen LogP contribution is -2.38. The van der Waals surface area contributed by atoms with E-state index in [-0.39, 0.29) is 0 Å². The zero-order valence-corrected chi connectivity index (χ0v) is 10.8. The van der Waals surface area contributed by atoms with Gasteiger partial charge in [0.2, 0.25) is 0 Å². The molecule has 0 saturated carbocycles. The van der Waals surface area contributed by atoms with Crippen molar-refractivity contribution < 1.29 is 0 Å². The van der Waals surface area contributed by atoms with Crippen molar-refractivity contribution in [3.05, 3.63) is 17.8 Å². The van der Waals surface area contributed by atoms with E-state index in [1.54, 1.807) is 0 Å². The Kier molecular flexibility index (Phi) is 4.31. The number of nitrogens with zero attached hydrogens (tertiary/aromatic N) is 3. The Morgan fingerprint density at radius 2 is 2.29 bits per heavy atom. The van der Waals surface area contributed by atoms with Crippen LogP contribution in [0.25, 0.3) is 0 Å². The first-order valence-electron chi connectivity index (χ1n) is 6.59. The summed E-state index contributed by atoms with van der Waals surface area (Å²) in [5.74, 6) is 1.02. The van der Waals surface area contributed by atoms with Crippen LogP contribution in [0.3, 0.4) is 0 Å². The average Bonchev–Trinajstić information content (AvgIpc) is 2.79. The van der Waals surface area contributed by atoms with Crippen LogP contribution in [0.2, 0.25) is 0 Å². The van der Waals surface area contributed by atoms with Crippen LogP contribution in [0, 0.1) is 6.92 Å². The second-order valence-corrected chi connectivity index (χ2v) is 4.73. The van der Waals surface area contributed by atoms with E-state index in [1.165, 1.54) is 19.3 Å². The number of anilines is 1. The maximum atomic E-state index is 4.29. The van der Waals surface area contributed by atoms with Crippen molar-refractivity contribution in [3.8, 4) is 0 Å². The van der Waals surface area contributed by atoms with Gasteiger partial charge in [-0.05, 0) is 44.9 Å². The Morgan fingerprint density at radius 1 is 1.41 bits per heavy atom. The SMILES string of the molecule is CCCNCC1CCCN1c1ccc(C)nn1. The Bertz CT molecular complexity index is 336. The third-order valence-corrected chi connectivity index (χ3v) is 3.26. The lowest BCUT2D eigenvalue weighted by molar-refractivity contribution is 0.567. The van der Waals surface area contributed by atoms with E-state index in [1.807, 2.05) is 13.0 Å². The Morgan fingerprint density at radius 3 is 3.00 bits per heavy atom. The number of hydrogen-bond donors (Lipinski definition) is 1. The second kappa shape index (κ2) is 5.96. The van der Waals surface area contributed by atoms with Gasteiger partial charge in [-0.3, -0.25) is 0 Å². The maximum absolute atomic E-state index is 4.29. The molecule has 0 amide bonds. The molecule has 1 unspecified atom stereocenters. The van der Waals surface area contributed by atoms with Gasteiger partial charge < -0.3 is 10.2 Å². The molecule has 1 fully saturated rings. The molecule has 1 saturated heterocycles. The van der Waals surface area contributed by atoms with Gasteiger partial charge in [-0.15, -0.1) is 5.10 Å². The fourth-order valence-corrected chi connectivity index (χ4v) is 2.34. The van der Waals surface area contributed by atoms with Crippen LogP contribution in [0.4, 0.5) is 5.82 Å². The number of hydrogen-bond acceptors (Lipinski definition) is 4. The molecule has 17 heavy (non-hydrogen) atoms. The summed E-state index contributed by atoms with van der Waals surface area (Å²) in [5.41, 5.74) is 0.980. The third kappa shape index (κ3) is 3.16. The summed E-state index contributed by atoms with van der Waals surface area (Å²) in [6.07, 6.45) is 3.71. The molecule has 2 rings (SSSR count). The number of nitrogens with one attached hydrogen (secondary N) is 1. The summed E-state index contributed by atoms with van der Waals surface area (Å²) in [6.45, 7) is 7.44. The highest BCUT2D eigenvalue weighted by Crippen LogP contribution is 2.22. The molecule has 4 nitrogen and oxygen atoms in total.